The van der Waals surface area contributed by atoms with Crippen LogP contribution in [0.4, 0.5) is 15.8 Å². The Labute approximate surface area is 116 Å². The third kappa shape index (κ3) is 4.70. The number of ether oxygens (including phenoxy) is 1. The third-order valence-electron chi connectivity index (χ3n) is 2.71. The first kappa shape index (κ1) is 15.8. The number of hydrogen-bond donors (Lipinski definition) is 2. The molecule has 108 valence electrons. The number of hydrogen-bond acceptors (Lipinski definition) is 4. The first-order valence-corrected chi connectivity index (χ1v) is 7.85. The van der Waals surface area contributed by atoms with Gasteiger partial charge < -0.3 is 15.8 Å². The van der Waals surface area contributed by atoms with Crippen molar-refractivity contribution in [2.75, 3.05) is 30.5 Å². The molecule has 0 bridgehead atoms. The summed E-state index contributed by atoms with van der Waals surface area (Å²) in [5.74, 6) is -0.285. The van der Waals surface area contributed by atoms with Crippen LogP contribution in [0.15, 0.2) is 12.1 Å². The fraction of sp³-hybridized carbons (Fsp3) is 0.538. The molecule has 0 radical (unpaired) electrons. The standard InChI is InChI=1S/C13H21FN2O2S/c1-4-5-18-13-7-12(11(15)6-10(13)14)16-8-9(2)19(3)17/h6-7,9,16H,4-5,8,15H2,1-3H3. The zero-order valence-electron chi connectivity index (χ0n) is 11.5. The van der Waals surface area contributed by atoms with Gasteiger partial charge in [0.05, 0.1) is 18.0 Å². The maximum Gasteiger partial charge on any atom is 0.167 e. The van der Waals surface area contributed by atoms with Gasteiger partial charge in [-0.15, -0.1) is 0 Å². The van der Waals surface area contributed by atoms with E-state index in [0.29, 0.717) is 24.5 Å². The summed E-state index contributed by atoms with van der Waals surface area (Å²) in [6.45, 7) is 4.78. The van der Waals surface area contributed by atoms with E-state index in [-0.39, 0.29) is 11.0 Å². The predicted octanol–water partition coefficient (Wildman–Crippen LogP) is 2.38. The first-order valence-electron chi connectivity index (χ1n) is 6.23. The average molecular weight is 288 g/mol. The fourth-order valence-corrected chi connectivity index (χ4v) is 1.73. The van der Waals surface area contributed by atoms with Gasteiger partial charge in [0.25, 0.3) is 0 Å². The molecule has 2 atom stereocenters. The van der Waals surface area contributed by atoms with Gasteiger partial charge in [-0.25, -0.2) is 4.39 Å². The van der Waals surface area contributed by atoms with Crippen molar-refractivity contribution in [3.63, 3.8) is 0 Å². The van der Waals surface area contributed by atoms with E-state index in [1.54, 1.807) is 12.3 Å². The van der Waals surface area contributed by atoms with Crippen LogP contribution < -0.4 is 15.8 Å². The largest absolute Gasteiger partial charge is 0.490 e. The molecule has 2 unspecified atom stereocenters. The molecule has 0 fully saturated rings. The molecular formula is C13H21FN2O2S. The SMILES string of the molecule is CCCOc1cc(NCC(C)S(C)=O)c(N)cc1F. The zero-order valence-corrected chi connectivity index (χ0v) is 12.3. The van der Waals surface area contributed by atoms with Crippen molar-refractivity contribution in [2.45, 2.75) is 25.5 Å². The molecule has 0 saturated carbocycles. The quantitative estimate of drug-likeness (QED) is 0.756. The van der Waals surface area contributed by atoms with E-state index >= 15 is 0 Å². The Bertz CT molecular complexity index is 455. The molecule has 0 spiro atoms. The Morgan fingerprint density at radius 1 is 1.53 bits per heavy atom. The number of rotatable bonds is 7. The second-order valence-electron chi connectivity index (χ2n) is 4.41. The van der Waals surface area contributed by atoms with Gasteiger partial charge in [-0.05, 0) is 13.3 Å². The molecule has 0 heterocycles. The molecule has 0 saturated heterocycles. The zero-order chi connectivity index (χ0) is 14.4. The Kier molecular flexibility index (Phi) is 6.08. The lowest BCUT2D eigenvalue weighted by molar-refractivity contribution is 0.301. The van der Waals surface area contributed by atoms with E-state index < -0.39 is 16.6 Å². The summed E-state index contributed by atoms with van der Waals surface area (Å²) in [6.07, 6.45) is 2.45. The molecule has 3 N–H and O–H groups in total. The minimum atomic E-state index is -0.914. The van der Waals surface area contributed by atoms with Gasteiger partial charge in [0.1, 0.15) is 0 Å². The highest BCUT2D eigenvalue weighted by Crippen LogP contribution is 2.28. The van der Waals surface area contributed by atoms with Crippen LogP contribution in [0.5, 0.6) is 5.75 Å². The number of anilines is 2. The van der Waals surface area contributed by atoms with Crippen LogP contribution in [0.25, 0.3) is 0 Å². The molecule has 1 aromatic rings. The molecule has 1 rings (SSSR count). The second kappa shape index (κ2) is 7.33. The van der Waals surface area contributed by atoms with Gasteiger partial charge in [0.15, 0.2) is 11.6 Å². The van der Waals surface area contributed by atoms with Crippen LogP contribution in [0.3, 0.4) is 0 Å². The lowest BCUT2D eigenvalue weighted by Crippen LogP contribution is -2.21. The number of benzene rings is 1. The highest BCUT2D eigenvalue weighted by molar-refractivity contribution is 7.84. The molecule has 0 aliphatic carbocycles. The van der Waals surface area contributed by atoms with Crippen LogP contribution in [0.2, 0.25) is 0 Å². The van der Waals surface area contributed by atoms with E-state index in [0.717, 1.165) is 6.42 Å². The Balaban J connectivity index is 2.79. The molecule has 0 aliphatic rings. The van der Waals surface area contributed by atoms with Crippen molar-refractivity contribution in [3.05, 3.63) is 17.9 Å². The Morgan fingerprint density at radius 2 is 2.21 bits per heavy atom. The minimum Gasteiger partial charge on any atom is -0.490 e. The summed E-state index contributed by atoms with van der Waals surface area (Å²) >= 11 is 0. The average Bonchev–Trinajstić information content (AvgIpc) is 2.36. The normalized spacial score (nSPS) is 13.9. The van der Waals surface area contributed by atoms with Crippen LogP contribution in [-0.2, 0) is 10.8 Å². The summed E-state index contributed by atoms with van der Waals surface area (Å²) < 4.78 is 30.2. The van der Waals surface area contributed by atoms with E-state index in [9.17, 15) is 8.60 Å². The van der Waals surface area contributed by atoms with Crippen molar-refractivity contribution >= 4 is 22.2 Å². The number of nitrogens with two attached hydrogens (primary N) is 1. The van der Waals surface area contributed by atoms with Gasteiger partial charge >= 0.3 is 0 Å². The third-order valence-corrected chi connectivity index (χ3v) is 4.01. The maximum absolute atomic E-state index is 13.6. The van der Waals surface area contributed by atoms with E-state index in [4.69, 9.17) is 10.5 Å². The van der Waals surface area contributed by atoms with Crippen molar-refractivity contribution in [3.8, 4) is 5.75 Å². The second-order valence-corrected chi connectivity index (χ2v) is 6.21. The smallest absolute Gasteiger partial charge is 0.167 e. The number of nitrogens with one attached hydrogen (secondary N) is 1. The molecular weight excluding hydrogens is 267 g/mol. The predicted molar refractivity (Wildman–Crippen MR) is 78.6 cm³/mol. The van der Waals surface area contributed by atoms with Gasteiger partial charge in [-0.2, -0.15) is 0 Å². The monoisotopic (exact) mass is 288 g/mol. The van der Waals surface area contributed by atoms with Crippen molar-refractivity contribution in [2.24, 2.45) is 0 Å². The summed E-state index contributed by atoms with van der Waals surface area (Å²) in [5.41, 5.74) is 6.66. The van der Waals surface area contributed by atoms with Gasteiger partial charge in [-0.1, -0.05) is 6.92 Å². The topological polar surface area (TPSA) is 64.3 Å². The molecule has 0 aromatic heterocycles. The summed E-state index contributed by atoms with van der Waals surface area (Å²) in [5, 5.41) is 3.06. The summed E-state index contributed by atoms with van der Waals surface area (Å²) in [6, 6.07) is 2.78. The van der Waals surface area contributed by atoms with Crippen molar-refractivity contribution < 1.29 is 13.3 Å². The van der Waals surface area contributed by atoms with E-state index in [1.165, 1.54) is 6.07 Å². The van der Waals surface area contributed by atoms with Crippen LogP contribution >= 0.6 is 0 Å². The number of nitrogen functional groups attached to an aromatic ring is 1. The molecule has 0 amide bonds. The molecule has 6 heteroatoms. The highest BCUT2D eigenvalue weighted by Gasteiger charge is 2.11. The van der Waals surface area contributed by atoms with Crippen LogP contribution in [0, 0.1) is 5.82 Å². The molecule has 19 heavy (non-hydrogen) atoms. The van der Waals surface area contributed by atoms with Crippen molar-refractivity contribution in [1.82, 2.24) is 0 Å². The van der Waals surface area contributed by atoms with Crippen LogP contribution in [-0.4, -0.2) is 28.9 Å². The van der Waals surface area contributed by atoms with Gasteiger partial charge in [0, 0.05) is 41.0 Å². The van der Waals surface area contributed by atoms with Crippen LogP contribution in [0.1, 0.15) is 20.3 Å². The summed E-state index contributed by atoms with van der Waals surface area (Å²) in [4.78, 5) is 0. The first-order chi connectivity index (χ1) is 8.95. The molecule has 0 aliphatic heterocycles. The van der Waals surface area contributed by atoms with E-state index in [1.807, 2.05) is 13.8 Å². The molecule has 1 aromatic carbocycles. The maximum atomic E-state index is 13.6. The summed E-state index contributed by atoms with van der Waals surface area (Å²) in [7, 11) is -0.914. The fourth-order valence-electron chi connectivity index (χ4n) is 1.42. The van der Waals surface area contributed by atoms with Gasteiger partial charge in [0.2, 0.25) is 0 Å². The van der Waals surface area contributed by atoms with E-state index in [2.05, 4.69) is 5.32 Å². The van der Waals surface area contributed by atoms with Gasteiger partial charge in [-0.3, -0.25) is 4.21 Å². The molecule has 4 nitrogen and oxygen atoms in total. The lowest BCUT2D eigenvalue weighted by Gasteiger charge is -2.15. The Hall–Kier alpha value is -1.30. The Morgan fingerprint density at radius 3 is 2.79 bits per heavy atom. The highest BCUT2D eigenvalue weighted by atomic mass is 32.2. The van der Waals surface area contributed by atoms with Crippen molar-refractivity contribution in [1.29, 1.82) is 0 Å². The lowest BCUT2D eigenvalue weighted by atomic mass is 10.2. The number of halogens is 1. The minimum absolute atomic E-state index is 0.00976.